The molecule has 0 unspecified atom stereocenters. The fraction of sp³-hybridized carbons (Fsp3) is 0.216. The normalized spacial score (nSPS) is 11.0. The quantitative estimate of drug-likeness (QED) is 0.0850. The molecular weight excluding hydrogens is 948 g/mol. The minimum Gasteiger partial charge on any atom is -0.489 e. The van der Waals surface area contributed by atoms with E-state index < -0.39 is 21.6 Å². The first-order valence-corrected chi connectivity index (χ1v) is 24.1. The molecule has 0 radical (unpaired) electrons. The van der Waals surface area contributed by atoms with Gasteiger partial charge in [-0.3, -0.25) is 4.18 Å². The highest BCUT2D eigenvalue weighted by molar-refractivity contribution is 7.85. The van der Waals surface area contributed by atoms with E-state index in [1.807, 2.05) is 119 Å². The Morgan fingerprint density at radius 3 is 1.57 bits per heavy atom. The van der Waals surface area contributed by atoms with Gasteiger partial charge in [0, 0.05) is 11.1 Å². The summed E-state index contributed by atoms with van der Waals surface area (Å²) < 4.78 is 60.8. The molecule has 0 fully saturated rings. The molecule has 18 heteroatoms. The molecule has 2 aromatic heterocycles. The van der Waals surface area contributed by atoms with E-state index in [1.165, 1.54) is 4.68 Å². The van der Waals surface area contributed by atoms with E-state index in [4.69, 9.17) is 55.2 Å². The van der Waals surface area contributed by atoms with Gasteiger partial charge in [-0.2, -0.15) is 13.1 Å². The van der Waals surface area contributed by atoms with Crippen LogP contribution in [0.5, 0.6) is 23.0 Å². The molecule has 2 heterocycles. The van der Waals surface area contributed by atoms with Gasteiger partial charge in [-0.1, -0.05) is 108 Å². The van der Waals surface area contributed by atoms with Crippen LogP contribution in [-0.4, -0.2) is 46.9 Å². The van der Waals surface area contributed by atoms with Gasteiger partial charge >= 0.3 is 11.5 Å². The zero-order valence-electron chi connectivity index (χ0n) is 38.3. The first-order valence-electron chi connectivity index (χ1n) is 21.5. The molecule has 8 aromatic rings. The molecule has 0 atom stereocenters. The molecule has 69 heavy (non-hydrogen) atoms. The summed E-state index contributed by atoms with van der Waals surface area (Å²) in [7, 11) is -3.43. The van der Waals surface area contributed by atoms with Crippen LogP contribution in [-0.2, 0) is 40.7 Å². The molecule has 0 bridgehead atoms. The van der Waals surface area contributed by atoms with Crippen molar-refractivity contribution in [3.8, 4) is 45.9 Å². The van der Waals surface area contributed by atoms with Crippen molar-refractivity contribution in [3.63, 3.8) is 0 Å². The number of hydrogen-bond acceptors (Lipinski definition) is 13. The van der Waals surface area contributed by atoms with E-state index in [0.717, 1.165) is 34.3 Å². The third kappa shape index (κ3) is 16.9. The van der Waals surface area contributed by atoms with Crippen molar-refractivity contribution in [2.75, 3.05) is 6.26 Å². The first kappa shape index (κ1) is 51.3. The lowest BCUT2D eigenvalue weighted by molar-refractivity contribution is 0.242. The number of hydrogen-bond donors (Lipinski definition) is 1. The SMILES string of the molecule is CC(C)Oc1ccc(-c2n[nH]c(=O)o2)cc1Cl.CC(C)Oc1ccc(-c2nn(Cc3cccc(OCc4ccccc4)c3)c(=O)o2)cc1Cl.CS(=O)(=O)OCc1cccc(OCc2ccccc2)c1. The number of aromatic amines is 1. The van der Waals surface area contributed by atoms with Crippen LogP contribution < -0.4 is 30.5 Å². The van der Waals surface area contributed by atoms with Gasteiger partial charge in [-0.05, 0) is 111 Å². The van der Waals surface area contributed by atoms with Crippen LogP contribution in [0.2, 0.25) is 10.0 Å². The Morgan fingerprint density at radius 1 is 0.594 bits per heavy atom. The highest BCUT2D eigenvalue weighted by atomic mass is 35.5. The summed E-state index contributed by atoms with van der Waals surface area (Å²) in [6, 6.07) is 44.8. The first-order chi connectivity index (χ1) is 33.1. The lowest BCUT2D eigenvalue weighted by atomic mass is 10.2. The van der Waals surface area contributed by atoms with E-state index >= 15 is 0 Å². The second kappa shape index (κ2) is 24.8. The van der Waals surface area contributed by atoms with Crippen molar-refractivity contribution in [1.29, 1.82) is 0 Å². The van der Waals surface area contributed by atoms with Crippen LogP contribution in [0.4, 0.5) is 0 Å². The summed E-state index contributed by atoms with van der Waals surface area (Å²) in [6.07, 6.45) is 1.08. The van der Waals surface area contributed by atoms with Gasteiger partial charge in [0.1, 0.15) is 36.2 Å². The number of ether oxygens (including phenoxy) is 4. The maximum absolute atomic E-state index is 12.4. The molecule has 0 spiro atoms. The van der Waals surface area contributed by atoms with Crippen LogP contribution in [0, 0.1) is 0 Å². The van der Waals surface area contributed by atoms with Crippen molar-refractivity contribution in [3.05, 3.63) is 199 Å². The summed E-state index contributed by atoms with van der Waals surface area (Å²) in [5, 5.41) is 11.1. The van der Waals surface area contributed by atoms with Crippen LogP contribution in [0.1, 0.15) is 49.9 Å². The summed E-state index contributed by atoms with van der Waals surface area (Å²) in [5.74, 6) is 1.81. The van der Waals surface area contributed by atoms with Gasteiger partial charge in [0.15, 0.2) is 0 Å². The van der Waals surface area contributed by atoms with E-state index in [9.17, 15) is 18.0 Å². The predicted molar refractivity (Wildman–Crippen MR) is 263 cm³/mol. The highest BCUT2D eigenvalue weighted by Crippen LogP contribution is 2.31. The molecule has 0 aliphatic carbocycles. The average molecular weight is 998 g/mol. The molecule has 0 amide bonds. The molecule has 360 valence electrons. The molecule has 0 saturated carbocycles. The van der Waals surface area contributed by atoms with Crippen molar-refractivity contribution >= 4 is 33.3 Å². The molecule has 1 N–H and O–H groups in total. The van der Waals surface area contributed by atoms with Crippen LogP contribution in [0.3, 0.4) is 0 Å². The molecule has 0 saturated heterocycles. The fourth-order valence-corrected chi connectivity index (χ4v) is 6.93. The Bertz CT molecular complexity index is 3120. The van der Waals surface area contributed by atoms with Crippen LogP contribution >= 0.6 is 23.2 Å². The lowest BCUT2D eigenvalue weighted by Gasteiger charge is -2.11. The summed E-state index contributed by atoms with van der Waals surface area (Å²) in [5.41, 5.74) is 4.99. The Morgan fingerprint density at radius 2 is 1.09 bits per heavy atom. The second-order valence-electron chi connectivity index (χ2n) is 15.7. The predicted octanol–water partition coefficient (Wildman–Crippen LogP) is 10.8. The minimum absolute atomic E-state index is 0.00271. The Kier molecular flexibility index (Phi) is 18.4. The van der Waals surface area contributed by atoms with Gasteiger partial charge < -0.3 is 27.8 Å². The number of nitrogens with one attached hydrogen (secondary N) is 1. The number of benzene rings is 6. The fourth-order valence-electron chi connectivity index (χ4n) is 6.13. The van der Waals surface area contributed by atoms with Gasteiger partial charge in [-0.15, -0.1) is 10.2 Å². The molecule has 0 aliphatic rings. The Hall–Kier alpha value is -7.11. The molecule has 15 nitrogen and oxygen atoms in total. The summed E-state index contributed by atoms with van der Waals surface area (Å²) >= 11 is 12.3. The van der Waals surface area contributed by atoms with E-state index in [0.29, 0.717) is 51.6 Å². The minimum atomic E-state index is -3.43. The van der Waals surface area contributed by atoms with Crippen molar-refractivity contribution < 1.29 is 40.4 Å². The zero-order chi connectivity index (χ0) is 49.3. The van der Waals surface area contributed by atoms with Gasteiger partial charge in [-0.25, -0.2) is 14.7 Å². The summed E-state index contributed by atoms with van der Waals surface area (Å²) in [6.45, 7) is 8.88. The number of halogens is 2. The zero-order valence-corrected chi connectivity index (χ0v) is 40.7. The Labute approximate surface area is 409 Å². The lowest BCUT2D eigenvalue weighted by Crippen LogP contribution is -2.16. The van der Waals surface area contributed by atoms with Gasteiger partial charge in [0.25, 0.3) is 10.1 Å². The van der Waals surface area contributed by atoms with E-state index in [1.54, 1.807) is 54.6 Å². The highest BCUT2D eigenvalue weighted by Gasteiger charge is 2.15. The van der Waals surface area contributed by atoms with E-state index in [2.05, 4.69) is 15.3 Å². The third-order valence-corrected chi connectivity index (χ3v) is 10.3. The molecule has 6 aromatic carbocycles. The number of rotatable bonds is 17. The summed E-state index contributed by atoms with van der Waals surface area (Å²) in [4.78, 5) is 23.2. The Balaban J connectivity index is 0.000000182. The number of aromatic nitrogens is 4. The van der Waals surface area contributed by atoms with Crippen molar-refractivity contribution in [2.24, 2.45) is 0 Å². The standard InChI is InChI=1S/C25H23ClN2O4.C15H16O4S.C11H11ClN2O3/c1-17(2)31-23-12-11-20(14-22(23)26)24-27-28(25(29)32-24)15-19-9-6-10-21(13-19)30-16-18-7-4-3-5-8-18;1-20(16,17)19-12-14-8-5-9-15(10-14)18-11-13-6-3-2-4-7-13;1-6(2)16-9-4-3-7(5-8(9)12)10-13-14-11(15)17-10/h3-14,17H,15-16H2,1-2H3;2-10H,11-12H2,1H3;3-6H,1-2H3,(H,14,15). The molecule has 8 rings (SSSR count). The third-order valence-electron chi connectivity index (χ3n) is 9.19. The van der Waals surface area contributed by atoms with Crippen LogP contribution in [0.25, 0.3) is 22.9 Å². The monoisotopic (exact) mass is 996 g/mol. The largest absolute Gasteiger partial charge is 0.489 e. The molecule has 0 aliphatic heterocycles. The maximum Gasteiger partial charge on any atom is 0.437 e. The van der Waals surface area contributed by atoms with Crippen molar-refractivity contribution in [2.45, 2.75) is 66.3 Å². The smallest absolute Gasteiger partial charge is 0.437 e. The van der Waals surface area contributed by atoms with Gasteiger partial charge in [0.2, 0.25) is 11.8 Å². The topological polar surface area (TPSA) is 187 Å². The van der Waals surface area contributed by atoms with E-state index in [-0.39, 0.29) is 37.1 Å². The number of nitrogens with zero attached hydrogens (tertiary/aromatic N) is 3. The molecular formula is C51H50Cl2N4O11S. The van der Waals surface area contributed by atoms with Crippen LogP contribution in [0.15, 0.2) is 164 Å². The number of H-pyrrole nitrogens is 1. The van der Waals surface area contributed by atoms with Crippen molar-refractivity contribution in [1.82, 2.24) is 20.0 Å². The average Bonchev–Trinajstić information content (AvgIpc) is 3.93. The second-order valence-corrected chi connectivity index (χ2v) is 18.1. The maximum atomic E-state index is 12.4. The van der Waals surface area contributed by atoms with Gasteiger partial charge in [0.05, 0.1) is 41.7 Å².